The molecule has 18 heavy (non-hydrogen) atoms. The molecule has 0 fully saturated rings. The molecular weight excluding hydrogens is 270 g/mol. The topological polar surface area (TPSA) is 33.5 Å². The van der Waals surface area contributed by atoms with Gasteiger partial charge in [0.15, 0.2) is 0 Å². The molecule has 0 aliphatic rings. The van der Waals surface area contributed by atoms with Gasteiger partial charge in [-0.2, -0.15) is 0 Å². The molecule has 1 amide bonds. The highest BCUT2D eigenvalue weighted by Crippen LogP contribution is 2.23. The molecule has 2 rings (SSSR count). The van der Waals surface area contributed by atoms with Crippen LogP contribution in [0.25, 0.3) is 0 Å². The van der Waals surface area contributed by atoms with E-state index in [9.17, 15) is 4.79 Å². The molecule has 0 saturated carbocycles. The number of carbonyl (C=O) groups is 1. The second kappa shape index (κ2) is 5.16. The number of nitrogens with zero attached hydrogens (tertiary/aromatic N) is 1. The summed E-state index contributed by atoms with van der Waals surface area (Å²) < 4.78 is 6.11. The Balaban J connectivity index is 2.11. The minimum Gasteiger partial charge on any atom is -0.466 e. The van der Waals surface area contributed by atoms with E-state index in [1.165, 1.54) is 11.3 Å². The van der Waals surface area contributed by atoms with Gasteiger partial charge >= 0.3 is 0 Å². The first kappa shape index (κ1) is 13.2. The fraction of sp³-hybridized carbons (Fsp3) is 0.308. The van der Waals surface area contributed by atoms with E-state index in [4.69, 9.17) is 16.0 Å². The van der Waals surface area contributed by atoms with E-state index in [1.54, 1.807) is 24.9 Å². The zero-order valence-corrected chi connectivity index (χ0v) is 12.1. The summed E-state index contributed by atoms with van der Waals surface area (Å²) in [4.78, 5) is 15.0. The lowest BCUT2D eigenvalue weighted by Crippen LogP contribution is -2.25. The third kappa shape index (κ3) is 2.76. The van der Waals surface area contributed by atoms with Crippen LogP contribution in [-0.4, -0.2) is 17.9 Å². The van der Waals surface area contributed by atoms with E-state index >= 15 is 0 Å². The Morgan fingerprint density at radius 1 is 1.44 bits per heavy atom. The fourth-order valence-electron chi connectivity index (χ4n) is 1.79. The standard InChI is InChI=1S/C13H14ClNO2S/c1-8-6-11(9(2)17-8)13(16)15(3)7-10-4-5-12(14)18-10/h4-6H,7H2,1-3H3. The summed E-state index contributed by atoms with van der Waals surface area (Å²) in [5.41, 5.74) is 0.623. The van der Waals surface area contributed by atoms with Crippen molar-refractivity contribution in [3.63, 3.8) is 0 Å². The lowest BCUT2D eigenvalue weighted by atomic mass is 10.2. The smallest absolute Gasteiger partial charge is 0.257 e. The zero-order chi connectivity index (χ0) is 13.3. The maximum absolute atomic E-state index is 12.2. The summed E-state index contributed by atoms with van der Waals surface area (Å²) in [7, 11) is 1.78. The zero-order valence-electron chi connectivity index (χ0n) is 10.5. The van der Waals surface area contributed by atoms with Crippen molar-refractivity contribution < 1.29 is 9.21 Å². The molecule has 0 unspecified atom stereocenters. The van der Waals surface area contributed by atoms with Gasteiger partial charge in [-0.05, 0) is 32.0 Å². The predicted octanol–water partition coefficient (Wildman–Crippen LogP) is 3.88. The summed E-state index contributed by atoms with van der Waals surface area (Å²) in [6, 6.07) is 5.55. The second-order valence-electron chi connectivity index (χ2n) is 4.19. The quantitative estimate of drug-likeness (QED) is 0.856. The van der Waals surface area contributed by atoms with Crippen LogP contribution in [0.3, 0.4) is 0 Å². The Kier molecular flexibility index (Phi) is 3.78. The second-order valence-corrected chi connectivity index (χ2v) is 5.99. The molecule has 0 aliphatic heterocycles. The minimum absolute atomic E-state index is 0.0335. The van der Waals surface area contributed by atoms with Gasteiger partial charge in [0.05, 0.1) is 16.4 Å². The highest BCUT2D eigenvalue weighted by molar-refractivity contribution is 7.16. The predicted molar refractivity (Wildman–Crippen MR) is 73.3 cm³/mol. The maximum Gasteiger partial charge on any atom is 0.257 e. The Hall–Kier alpha value is -1.26. The molecule has 0 radical (unpaired) electrons. The first-order chi connectivity index (χ1) is 8.47. The lowest BCUT2D eigenvalue weighted by Gasteiger charge is -2.15. The number of amides is 1. The molecule has 0 bridgehead atoms. The molecule has 96 valence electrons. The largest absolute Gasteiger partial charge is 0.466 e. The molecule has 3 nitrogen and oxygen atoms in total. The average molecular weight is 284 g/mol. The van der Waals surface area contributed by atoms with Crippen LogP contribution in [0.1, 0.15) is 26.8 Å². The molecule has 0 N–H and O–H groups in total. The first-order valence-corrected chi connectivity index (χ1v) is 6.73. The highest BCUT2D eigenvalue weighted by Gasteiger charge is 2.18. The van der Waals surface area contributed by atoms with Crippen molar-refractivity contribution >= 4 is 28.8 Å². The van der Waals surface area contributed by atoms with Gasteiger partial charge in [0.1, 0.15) is 11.5 Å². The van der Waals surface area contributed by atoms with Crippen molar-refractivity contribution in [1.29, 1.82) is 0 Å². The molecular formula is C13H14ClNO2S. The molecule has 0 aromatic carbocycles. The monoisotopic (exact) mass is 283 g/mol. The SMILES string of the molecule is Cc1cc(C(=O)N(C)Cc2ccc(Cl)s2)c(C)o1. The van der Waals surface area contributed by atoms with Gasteiger partial charge in [-0.1, -0.05) is 11.6 Å². The normalized spacial score (nSPS) is 10.7. The maximum atomic E-state index is 12.2. The van der Waals surface area contributed by atoms with Crippen LogP contribution in [0.5, 0.6) is 0 Å². The molecule has 0 atom stereocenters. The minimum atomic E-state index is -0.0335. The van der Waals surface area contributed by atoms with Crippen molar-refractivity contribution in [3.8, 4) is 0 Å². The average Bonchev–Trinajstić information content (AvgIpc) is 2.84. The van der Waals surface area contributed by atoms with Crippen LogP contribution in [0.2, 0.25) is 4.34 Å². The highest BCUT2D eigenvalue weighted by atomic mass is 35.5. The molecule has 0 spiro atoms. The van der Waals surface area contributed by atoms with E-state index in [1.807, 2.05) is 19.1 Å². The number of halogens is 1. The third-order valence-electron chi connectivity index (χ3n) is 2.64. The summed E-state index contributed by atoms with van der Waals surface area (Å²) in [5.74, 6) is 1.38. The number of hydrogen-bond donors (Lipinski definition) is 0. The summed E-state index contributed by atoms with van der Waals surface area (Å²) in [5, 5.41) is 0. The number of thiophene rings is 1. The fourth-order valence-corrected chi connectivity index (χ4v) is 2.93. The number of rotatable bonds is 3. The van der Waals surface area contributed by atoms with Gasteiger partial charge < -0.3 is 9.32 Å². The molecule has 2 aromatic rings. The molecule has 0 aliphatic carbocycles. The molecule has 2 heterocycles. The van der Waals surface area contributed by atoms with Gasteiger partial charge in [0.25, 0.3) is 5.91 Å². The molecule has 5 heteroatoms. The summed E-state index contributed by atoms with van der Waals surface area (Å²) in [6.07, 6.45) is 0. The van der Waals surface area contributed by atoms with Crippen molar-refractivity contribution in [2.75, 3.05) is 7.05 Å². The Bertz CT molecular complexity index is 573. The van der Waals surface area contributed by atoms with E-state index in [0.29, 0.717) is 17.9 Å². The van der Waals surface area contributed by atoms with E-state index in [0.717, 1.165) is 15.0 Å². The van der Waals surface area contributed by atoms with Crippen LogP contribution < -0.4 is 0 Å². The van der Waals surface area contributed by atoms with Gasteiger partial charge in [-0.3, -0.25) is 4.79 Å². The van der Waals surface area contributed by atoms with Crippen molar-refractivity contribution in [1.82, 2.24) is 4.90 Å². The third-order valence-corrected chi connectivity index (χ3v) is 3.86. The summed E-state index contributed by atoms with van der Waals surface area (Å²) in [6.45, 7) is 4.19. The summed E-state index contributed by atoms with van der Waals surface area (Å²) >= 11 is 7.36. The Morgan fingerprint density at radius 2 is 2.17 bits per heavy atom. The van der Waals surface area contributed by atoms with Crippen LogP contribution in [-0.2, 0) is 6.54 Å². The number of hydrogen-bond acceptors (Lipinski definition) is 3. The Labute approximate surface area is 115 Å². The van der Waals surface area contributed by atoms with Crippen LogP contribution in [0.4, 0.5) is 0 Å². The lowest BCUT2D eigenvalue weighted by molar-refractivity contribution is 0.0784. The van der Waals surface area contributed by atoms with E-state index in [-0.39, 0.29) is 5.91 Å². The van der Waals surface area contributed by atoms with Gasteiger partial charge in [0, 0.05) is 11.9 Å². The van der Waals surface area contributed by atoms with Crippen molar-refractivity contribution in [3.05, 3.63) is 44.5 Å². The van der Waals surface area contributed by atoms with Crippen LogP contribution in [0, 0.1) is 13.8 Å². The van der Waals surface area contributed by atoms with Gasteiger partial charge in [0.2, 0.25) is 0 Å². The number of carbonyl (C=O) groups excluding carboxylic acids is 1. The van der Waals surface area contributed by atoms with Crippen molar-refractivity contribution in [2.45, 2.75) is 20.4 Å². The number of furan rings is 1. The van der Waals surface area contributed by atoms with Gasteiger partial charge in [-0.15, -0.1) is 11.3 Å². The van der Waals surface area contributed by atoms with E-state index < -0.39 is 0 Å². The van der Waals surface area contributed by atoms with Crippen molar-refractivity contribution in [2.24, 2.45) is 0 Å². The van der Waals surface area contributed by atoms with Crippen LogP contribution >= 0.6 is 22.9 Å². The van der Waals surface area contributed by atoms with Gasteiger partial charge in [-0.25, -0.2) is 0 Å². The van der Waals surface area contributed by atoms with E-state index in [2.05, 4.69) is 0 Å². The number of aryl methyl sites for hydroxylation is 2. The van der Waals surface area contributed by atoms with Crippen LogP contribution in [0.15, 0.2) is 22.6 Å². The molecule has 2 aromatic heterocycles. The molecule has 0 saturated heterocycles. The first-order valence-electron chi connectivity index (χ1n) is 5.54. The Morgan fingerprint density at radius 3 is 2.67 bits per heavy atom.